The number of likely N-dealkylation sites (tertiary alicyclic amines) is 1. The summed E-state index contributed by atoms with van der Waals surface area (Å²) in [5.74, 6) is 8.84. The zero-order valence-corrected chi connectivity index (χ0v) is 19.2. The van der Waals surface area contributed by atoms with Gasteiger partial charge in [-0.2, -0.15) is 0 Å². The van der Waals surface area contributed by atoms with Gasteiger partial charge in [0.15, 0.2) is 5.82 Å². The number of aromatic nitrogens is 4. The third-order valence-electron chi connectivity index (χ3n) is 6.24. The second kappa shape index (κ2) is 9.53. The van der Waals surface area contributed by atoms with Crippen molar-refractivity contribution in [2.24, 2.45) is 5.92 Å². The monoisotopic (exact) mass is 456 g/mol. The number of aromatic hydroxyl groups is 1. The van der Waals surface area contributed by atoms with Crippen molar-refractivity contribution in [1.82, 2.24) is 25.1 Å². The van der Waals surface area contributed by atoms with Gasteiger partial charge in [0.1, 0.15) is 11.6 Å². The van der Waals surface area contributed by atoms with Crippen LogP contribution in [0.15, 0.2) is 42.6 Å². The normalized spacial score (nSPS) is 17.0. The molecular formula is C25H28N8O. The Balaban J connectivity index is 1.30. The molecule has 9 heteroatoms. The number of phenolic OH excluding ortho intramolecular Hbond substituents is 1. The van der Waals surface area contributed by atoms with Gasteiger partial charge in [0.25, 0.3) is 0 Å². The fraction of sp³-hybridized carbons (Fsp3) is 0.360. The Morgan fingerprint density at radius 2 is 1.82 bits per heavy atom. The summed E-state index contributed by atoms with van der Waals surface area (Å²) >= 11 is 0. The topological polar surface area (TPSA) is 108 Å². The Bertz CT molecular complexity index is 1230. The molecule has 3 N–H and O–H groups in total. The molecule has 0 spiro atoms. The average molecular weight is 457 g/mol. The molecule has 2 aromatic heterocycles. The lowest BCUT2D eigenvalue weighted by Gasteiger charge is -2.32. The van der Waals surface area contributed by atoms with E-state index in [1.165, 1.54) is 0 Å². The first-order valence-electron chi connectivity index (χ1n) is 11.5. The number of hydrogen-bond donors (Lipinski definition) is 2. The molecule has 0 unspecified atom stereocenters. The van der Waals surface area contributed by atoms with E-state index in [0.717, 1.165) is 57.2 Å². The van der Waals surface area contributed by atoms with E-state index in [2.05, 4.69) is 48.8 Å². The minimum Gasteiger partial charge on any atom is -0.507 e. The smallest absolute Gasteiger partial charge is 0.206 e. The fourth-order valence-corrected chi connectivity index (χ4v) is 4.40. The molecule has 0 bridgehead atoms. The zero-order chi connectivity index (χ0) is 23.5. The van der Waals surface area contributed by atoms with Crippen LogP contribution in [0.4, 0.5) is 17.3 Å². The van der Waals surface area contributed by atoms with Gasteiger partial charge in [0.2, 0.25) is 5.82 Å². The molecule has 3 aromatic rings. The van der Waals surface area contributed by atoms with Crippen LogP contribution < -0.4 is 15.5 Å². The van der Waals surface area contributed by atoms with Crippen LogP contribution in [0.5, 0.6) is 5.75 Å². The van der Waals surface area contributed by atoms with Gasteiger partial charge >= 0.3 is 0 Å². The van der Waals surface area contributed by atoms with Crippen molar-refractivity contribution in [2.45, 2.75) is 6.42 Å². The standard InChI is InChI=1S/C25H28N8O/c1-31-16-18(17-31)7-8-23-27-10-9-24(28-23)33-12-4-11-32(13-14-33)21-15-20(29-30-25(21)26)19-5-2-3-6-22(19)34/h2-3,5-6,9-10,15,18,34H,4,11-14,16-17H2,1H3,(H2,26,30). The quantitative estimate of drug-likeness (QED) is 0.571. The highest BCUT2D eigenvalue weighted by molar-refractivity contribution is 5.74. The van der Waals surface area contributed by atoms with Gasteiger partial charge < -0.3 is 25.5 Å². The molecule has 4 heterocycles. The first-order chi connectivity index (χ1) is 16.6. The number of benzene rings is 1. The number of anilines is 3. The molecule has 1 aromatic carbocycles. The molecule has 9 nitrogen and oxygen atoms in total. The number of rotatable bonds is 3. The van der Waals surface area contributed by atoms with Crippen molar-refractivity contribution in [2.75, 3.05) is 61.8 Å². The number of para-hydroxylation sites is 1. The minimum atomic E-state index is 0.168. The summed E-state index contributed by atoms with van der Waals surface area (Å²) in [6.45, 7) is 5.26. The molecule has 2 aliphatic rings. The van der Waals surface area contributed by atoms with Gasteiger partial charge in [0.05, 0.1) is 11.4 Å². The Morgan fingerprint density at radius 3 is 2.65 bits per heavy atom. The van der Waals surface area contributed by atoms with E-state index in [4.69, 9.17) is 10.7 Å². The third-order valence-corrected chi connectivity index (χ3v) is 6.24. The van der Waals surface area contributed by atoms with Crippen molar-refractivity contribution >= 4 is 17.3 Å². The van der Waals surface area contributed by atoms with Crippen LogP contribution in [0, 0.1) is 17.8 Å². The average Bonchev–Trinajstić information content (AvgIpc) is 3.08. The second-order valence-corrected chi connectivity index (χ2v) is 8.77. The van der Waals surface area contributed by atoms with Gasteiger partial charge in [-0.25, -0.2) is 9.97 Å². The maximum absolute atomic E-state index is 10.2. The van der Waals surface area contributed by atoms with E-state index in [-0.39, 0.29) is 5.75 Å². The molecule has 0 amide bonds. The highest BCUT2D eigenvalue weighted by atomic mass is 16.3. The van der Waals surface area contributed by atoms with Gasteiger partial charge in [0, 0.05) is 56.9 Å². The SMILES string of the molecule is CN1CC(C#Cc2nccc(N3CCCN(c4cc(-c5ccccc5O)nnc4N)CC3)n2)C1. The van der Waals surface area contributed by atoms with Gasteiger partial charge in [-0.15, -0.1) is 10.2 Å². The van der Waals surface area contributed by atoms with Crippen molar-refractivity contribution in [1.29, 1.82) is 0 Å². The first-order valence-corrected chi connectivity index (χ1v) is 11.5. The Labute approximate surface area is 199 Å². The lowest BCUT2D eigenvalue weighted by molar-refractivity contribution is 0.177. The fourth-order valence-electron chi connectivity index (χ4n) is 4.40. The van der Waals surface area contributed by atoms with Crippen LogP contribution >= 0.6 is 0 Å². The van der Waals surface area contributed by atoms with Crippen LogP contribution in [0.1, 0.15) is 12.2 Å². The molecule has 2 aliphatic heterocycles. The lowest BCUT2D eigenvalue weighted by atomic mass is 10.0. The summed E-state index contributed by atoms with van der Waals surface area (Å²) < 4.78 is 0. The number of phenols is 1. The van der Waals surface area contributed by atoms with Gasteiger partial charge in [-0.05, 0) is 43.7 Å². The number of nitrogens with zero attached hydrogens (tertiary/aromatic N) is 7. The molecule has 0 aliphatic carbocycles. The van der Waals surface area contributed by atoms with E-state index >= 15 is 0 Å². The van der Waals surface area contributed by atoms with E-state index in [9.17, 15) is 5.11 Å². The largest absolute Gasteiger partial charge is 0.507 e. The first kappa shape index (κ1) is 21.9. The van der Waals surface area contributed by atoms with Gasteiger partial charge in [-0.1, -0.05) is 18.1 Å². The van der Waals surface area contributed by atoms with E-state index < -0.39 is 0 Å². The second-order valence-electron chi connectivity index (χ2n) is 8.77. The molecule has 2 fully saturated rings. The summed E-state index contributed by atoms with van der Waals surface area (Å²) in [5.41, 5.74) is 8.27. The van der Waals surface area contributed by atoms with Crippen LogP contribution in [0.3, 0.4) is 0 Å². The summed E-state index contributed by atoms with van der Waals surface area (Å²) in [6.07, 6.45) is 2.72. The van der Waals surface area contributed by atoms with Crippen molar-refractivity contribution in [3.63, 3.8) is 0 Å². The molecule has 0 atom stereocenters. The van der Waals surface area contributed by atoms with Crippen molar-refractivity contribution in [3.8, 4) is 28.8 Å². The summed E-state index contributed by atoms with van der Waals surface area (Å²) in [7, 11) is 2.10. The number of hydrogen-bond acceptors (Lipinski definition) is 9. The molecule has 174 valence electrons. The summed E-state index contributed by atoms with van der Waals surface area (Å²) in [5, 5.41) is 18.6. The van der Waals surface area contributed by atoms with Crippen LogP contribution in [0.25, 0.3) is 11.3 Å². The van der Waals surface area contributed by atoms with Crippen molar-refractivity contribution in [3.05, 3.63) is 48.4 Å². The molecule has 5 rings (SSSR count). The van der Waals surface area contributed by atoms with E-state index in [1.54, 1.807) is 18.3 Å². The predicted octanol–water partition coefficient (Wildman–Crippen LogP) is 1.85. The highest BCUT2D eigenvalue weighted by Crippen LogP contribution is 2.31. The molecular weight excluding hydrogens is 428 g/mol. The molecule has 2 saturated heterocycles. The van der Waals surface area contributed by atoms with Crippen LogP contribution in [-0.2, 0) is 0 Å². The van der Waals surface area contributed by atoms with E-state index in [1.807, 2.05) is 24.3 Å². The van der Waals surface area contributed by atoms with Crippen molar-refractivity contribution < 1.29 is 5.11 Å². The van der Waals surface area contributed by atoms with Gasteiger partial charge in [-0.3, -0.25) is 0 Å². The van der Waals surface area contributed by atoms with Crippen LogP contribution in [-0.4, -0.2) is 76.5 Å². The number of nitrogens with two attached hydrogens (primary N) is 1. The molecule has 0 saturated carbocycles. The molecule has 0 radical (unpaired) electrons. The van der Waals surface area contributed by atoms with Crippen LogP contribution in [0.2, 0.25) is 0 Å². The third kappa shape index (κ3) is 4.72. The maximum Gasteiger partial charge on any atom is 0.206 e. The Kier molecular flexibility index (Phi) is 6.14. The number of nitrogen functional groups attached to an aromatic ring is 1. The highest BCUT2D eigenvalue weighted by Gasteiger charge is 2.22. The minimum absolute atomic E-state index is 0.168. The maximum atomic E-state index is 10.2. The predicted molar refractivity (Wildman–Crippen MR) is 132 cm³/mol. The summed E-state index contributed by atoms with van der Waals surface area (Å²) in [6, 6.07) is 11.0. The Morgan fingerprint density at radius 1 is 1.03 bits per heavy atom. The lowest BCUT2D eigenvalue weighted by Crippen LogP contribution is -2.42. The molecule has 34 heavy (non-hydrogen) atoms. The Hall–Kier alpha value is -3.90. The van der Waals surface area contributed by atoms with E-state index in [0.29, 0.717) is 28.8 Å². The zero-order valence-electron chi connectivity index (χ0n) is 19.2. The summed E-state index contributed by atoms with van der Waals surface area (Å²) in [4.78, 5) is 15.8.